The van der Waals surface area contributed by atoms with Gasteiger partial charge >= 0.3 is 0 Å². The van der Waals surface area contributed by atoms with Crippen molar-refractivity contribution < 1.29 is 9.90 Å². The van der Waals surface area contributed by atoms with Crippen molar-refractivity contribution in [1.82, 2.24) is 20.2 Å². The van der Waals surface area contributed by atoms with Gasteiger partial charge in [0.2, 0.25) is 0 Å². The summed E-state index contributed by atoms with van der Waals surface area (Å²) >= 11 is 0. The predicted octanol–water partition coefficient (Wildman–Crippen LogP) is 1.65. The van der Waals surface area contributed by atoms with E-state index in [-0.39, 0.29) is 18.1 Å². The van der Waals surface area contributed by atoms with Crippen molar-refractivity contribution in [2.24, 2.45) is 0 Å². The Bertz CT molecular complexity index is 663. The summed E-state index contributed by atoms with van der Waals surface area (Å²) in [6.45, 7) is 6.50. The molecule has 3 rings (SSSR count). The molecule has 1 aliphatic rings. The number of nitrogens with one attached hydrogen (secondary N) is 1. The summed E-state index contributed by atoms with van der Waals surface area (Å²) in [5.74, 6) is -0.318. The summed E-state index contributed by atoms with van der Waals surface area (Å²) in [6, 6.07) is 8.39. The molecule has 2 heterocycles. The second-order valence-corrected chi connectivity index (χ2v) is 5.71. The highest BCUT2D eigenvalue weighted by atomic mass is 16.3. The number of aliphatic hydroxyl groups is 1. The van der Waals surface area contributed by atoms with Crippen LogP contribution in [-0.2, 0) is 13.0 Å². The van der Waals surface area contributed by atoms with Crippen LogP contribution in [0.2, 0.25) is 0 Å². The van der Waals surface area contributed by atoms with E-state index in [0.29, 0.717) is 6.54 Å². The smallest absolute Gasteiger partial charge is 0.271 e. The lowest BCUT2D eigenvalue weighted by molar-refractivity contribution is 0.0837. The highest BCUT2D eigenvalue weighted by molar-refractivity contribution is 5.91. The van der Waals surface area contributed by atoms with Gasteiger partial charge in [0.15, 0.2) is 0 Å². The van der Waals surface area contributed by atoms with Crippen molar-refractivity contribution in [3.8, 4) is 0 Å². The lowest BCUT2D eigenvalue weighted by atomic mass is 10.00. The number of aliphatic hydroxyl groups excluding tert-OH is 1. The van der Waals surface area contributed by atoms with Gasteiger partial charge in [-0.25, -0.2) is 4.98 Å². The fourth-order valence-electron chi connectivity index (χ4n) is 2.79. The lowest BCUT2D eigenvalue weighted by Crippen LogP contribution is -2.42. The van der Waals surface area contributed by atoms with E-state index >= 15 is 0 Å². The van der Waals surface area contributed by atoms with E-state index in [1.54, 1.807) is 0 Å². The van der Waals surface area contributed by atoms with Gasteiger partial charge < -0.3 is 10.4 Å². The van der Waals surface area contributed by atoms with Crippen LogP contribution in [0.3, 0.4) is 0 Å². The number of carbonyl (C=O) groups is 1. The second-order valence-electron chi connectivity index (χ2n) is 5.71. The minimum Gasteiger partial charge on any atom is -0.390 e. The molecule has 1 unspecified atom stereocenters. The van der Waals surface area contributed by atoms with Crippen molar-refractivity contribution >= 4 is 5.91 Å². The molecule has 1 aromatic heterocycles. The number of benzene rings is 1. The highest BCUT2D eigenvalue weighted by Crippen LogP contribution is 2.18. The van der Waals surface area contributed by atoms with Gasteiger partial charge in [0, 0.05) is 38.6 Å². The third-order valence-corrected chi connectivity index (χ3v) is 3.97. The van der Waals surface area contributed by atoms with Crippen molar-refractivity contribution in [1.29, 1.82) is 0 Å². The van der Waals surface area contributed by atoms with Crippen molar-refractivity contribution in [2.45, 2.75) is 32.9 Å². The zero-order valence-corrected chi connectivity index (χ0v) is 14.9. The van der Waals surface area contributed by atoms with Gasteiger partial charge in [0.25, 0.3) is 5.91 Å². The first kappa shape index (κ1) is 19.0. The first-order valence-corrected chi connectivity index (χ1v) is 8.74. The Labute approximate surface area is 148 Å². The molecule has 0 bridgehead atoms. The number of carbonyl (C=O) groups excluding carboxylic acids is 1. The molecule has 6 heteroatoms. The maximum Gasteiger partial charge on any atom is 0.271 e. The largest absolute Gasteiger partial charge is 0.390 e. The van der Waals surface area contributed by atoms with Crippen molar-refractivity contribution in [3.05, 3.63) is 59.7 Å². The molecule has 1 aromatic carbocycles. The summed E-state index contributed by atoms with van der Waals surface area (Å²) in [7, 11) is 0. The van der Waals surface area contributed by atoms with Gasteiger partial charge in [-0.05, 0) is 17.5 Å². The number of aromatic nitrogens is 2. The molecule has 6 nitrogen and oxygen atoms in total. The van der Waals surface area contributed by atoms with Crippen LogP contribution in [0, 0.1) is 0 Å². The van der Waals surface area contributed by atoms with Crippen LogP contribution in [0.1, 0.15) is 35.5 Å². The molecule has 1 amide bonds. The molecule has 0 spiro atoms. The van der Waals surface area contributed by atoms with Crippen LogP contribution < -0.4 is 5.32 Å². The molecule has 25 heavy (non-hydrogen) atoms. The first-order valence-electron chi connectivity index (χ1n) is 8.74. The van der Waals surface area contributed by atoms with Gasteiger partial charge in [-0.2, -0.15) is 0 Å². The summed E-state index contributed by atoms with van der Waals surface area (Å²) in [6.07, 6.45) is 4.77. The highest BCUT2D eigenvalue weighted by Gasteiger charge is 2.19. The Morgan fingerprint density at radius 3 is 2.76 bits per heavy atom. The zero-order valence-electron chi connectivity index (χ0n) is 14.9. The van der Waals surface area contributed by atoms with Crippen LogP contribution in [0.5, 0.6) is 0 Å². The number of hydrogen-bond donors (Lipinski definition) is 2. The number of β-amino-alcohol motifs (C(OH)–C–C–N with tert-alkyl or cyclic N) is 1. The first-order chi connectivity index (χ1) is 12.2. The molecule has 0 aliphatic carbocycles. The van der Waals surface area contributed by atoms with Gasteiger partial charge in [-0.3, -0.25) is 14.7 Å². The predicted molar refractivity (Wildman–Crippen MR) is 97.1 cm³/mol. The van der Waals surface area contributed by atoms with E-state index in [1.807, 2.05) is 19.9 Å². The average Bonchev–Trinajstić information content (AvgIpc) is 2.68. The molecular formula is C19H26N4O2. The molecule has 0 radical (unpaired) electrons. The van der Waals surface area contributed by atoms with E-state index in [9.17, 15) is 9.90 Å². The molecule has 1 atom stereocenters. The molecule has 2 aromatic rings. The summed E-state index contributed by atoms with van der Waals surface area (Å²) in [5.41, 5.74) is 2.95. The third-order valence-electron chi connectivity index (χ3n) is 3.97. The van der Waals surface area contributed by atoms with Crippen molar-refractivity contribution in [2.75, 3.05) is 19.6 Å². The molecule has 0 saturated heterocycles. The van der Waals surface area contributed by atoms with E-state index < -0.39 is 6.10 Å². The van der Waals surface area contributed by atoms with Crippen LogP contribution in [0.25, 0.3) is 0 Å². The standard InChI is InChI=1S/C17H20N4O2.C2H6/c22-15(9-20-17(23)16-10-18-6-7-19-16)12-21-8-5-13-3-1-2-4-14(13)11-21;1-2/h1-4,6-7,10,15,22H,5,8-9,11-12H2,(H,20,23);1-2H3. The van der Waals surface area contributed by atoms with Crippen molar-refractivity contribution in [3.63, 3.8) is 0 Å². The number of amides is 1. The normalized spacial score (nSPS) is 14.7. The van der Waals surface area contributed by atoms with E-state index in [2.05, 4.69) is 38.4 Å². The minimum atomic E-state index is -0.610. The number of rotatable bonds is 5. The third kappa shape index (κ3) is 5.62. The van der Waals surface area contributed by atoms with Crippen LogP contribution in [-0.4, -0.2) is 51.6 Å². The molecule has 134 valence electrons. The topological polar surface area (TPSA) is 78.4 Å². The molecule has 0 fully saturated rings. The van der Waals surface area contributed by atoms with E-state index in [0.717, 1.165) is 19.5 Å². The molecule has 2 N–H and O–H groups in total. The molecule has 0 saturated carbocycles. The number of hydrogen-bond acceptors (Lipinski definition) is 5. The average molecular weight is 342 g/mol. The Morgan fingerprint density at radius 1 is 1.28 bits per heavy atom. The Balaban J connectivity index is 0.00000109. The Morgan fingerprint density at radius 2 is 2.04 bits per heavy atom. The Kier molecular flexibility index (Phi) is 7.50. The summed E-state index contributed by atoms with van der Waals surface area (Å²) in [4.78, 5) is 21.9. The maximum atomic E-state index is 11.9. The minimum absolute atomic E-state index is 0.202. The molecular weight excluding hydrogens is 316 g/mol. The zero-order chi connectivity index (χ0) is 18.1. The maximum absolute atomic E-state index is 11.9. The van der Waals surface area contributed by atoms with E-state index in [4.69, 9.17) is 0 Å². The monoisotopic (exact) mass is 342 g/mol. The Hall–Kier alpha value is -2.31. The SMILES string of the molecule is CC.O=C(NCC(O)CN1CCc2ccccc2C1)c1cnccn1. The fraction of sp³-hybridized carbons (Fsp3) is 0.421. The van der Waals surface area contributed by atoms with Crippen LogP contribution >= 0.6 is 0 Å². The summed E-state index contributed by atoms with van der Waals surface area (Å²) < 4.78 is 0. The quantitative estimate of drug-likeness (QED) is 0.864. The lowest BCUT2D eigenvalue weighted by Gasteiger charge is -2.30. The number of fused-ring (bicyclic) bond motifs is 1. The van der Waals surface area contributed by atoms with Crippen LogP contribution in [0.15, 0.2) is 42.9 Å². The fourth-order valence-corrected chi connectivity index (χ4v) is 2.79. The van der Waals surface area contributed by atoms with Gasteiger partial charge in [-0.1, -0.05) is 38.1 Å². The van der Waals surface area contributed by atoms with Gasteiger partial charge in [0.1, 0.15) is 5.69 Å². The van der Waals surface area contributed by atoms with E-state index in [1.165, 1.54) is 29.7 Å². The summed E-state index contributed by atoms with van der Waals surface area (Å²) in [5, 5.41) is 12.8. The van der Waals surface area contributed by atoms with Crippen LogP contribution in [0.4, 0.5) is 0 Å². The van der Waals surface area contributed by atoms with Gasteiger partial charge in [0.05, 0.1) is 12.3 Å². The second kappa shape index (κ2) is 9.86. The molecule has 1 aliphatic heterocycles. The number of nitrogens with zero attached hydrogens (tertiary/aromatic N) is 3. The van der Waals surface area contributed by atoms with Gasteiger partial charge in [-0.15, -0.1) is 0 Å².